The Hall–Kier alpha value is -3.02. The van der Waals surface area contributed by atoms with Crippen LogP contribution in [0.25, 0.3) is 10.8 Å². The van der Waals surface area contributed by atoms with E-state index in [-0.39, 0.29) is 5.56 Å². The van der Waals surface area contributed by atoms with Crippen molar-refractivity contribution in [2.75, 3.05) is 0 Å². The zero-order valence-corrected chi connectivity index (χ0v) is 15.3. The molecule has 3 rings (SSSR count). The molecule has 0 fully saturated rings. The number of benzene rings is 3. The Bertz CT molecular complexity index is 1020. The lowest BCUT2D eigenvalue weighted by molar-refractivity contribution is -0.255. The number of fused-ring (bicyclic) bond motifs is 1. The van der Waals surface area contributed by atoms with Gasteiger partial charge in [0.05, 0.1) is 11.5 Å². The zero-order valence-electron chi connectivity index (χ0n) is 15.3. The number of aromatic carboxylic acids is 1. The minimum absolute atomic E-state index is 0.369. The number of hydrogen-bond acceptors (Lipinski definition) is 3. The highest BCUT2D eigenvalue weighted by molar-refractivity contribution is 5.87. The van der Waals surface area contributed by atoms with Crippen molar-refractivity contribution in [3.8, 4) is 5.75 Å². The highest BCUT2D eigenvalue weighted by Gasteiger charge is 2.37. The van der Waals surface area contributed by atoms with Crippen LogP contribution in [0.4, 0.5) is 13.2 Å². The van der Waals surface area contributed by atoms with E-state index >= 15 is 0 Å². The minimum atomic E-state index is -4.69. The molecule has 3 aromatic carbocycles. The van der Waals surface area contributed by atoms with Gasteiger partial charge >= 0.3 is 6.18 Å². The Kier molecular flexibility index (Phi) is 5.06. The molecule has 0 aliphatic heterocycles. The predicted octanol–water partition coefficient (Wildman–Crippen LogP) is 4.93. The number of carboxylic acid groups (broad SMARTS) is 1. The Morgan fingerprint density at radius 2 is 1.68 bits per heavy atom. The highest BCUT2D eigenvalue weighted by Crippen LogP contribution is 2.42. The van der Waals surface area contributed by atoms with Crippen LogP contribution >= 0.6 is 0 Å². The maximum absolute atomic E-state index is 13.5. The molecular formula is C22H18F3O3-. The third-order valence-corrected chi connectivity index (χ3v) is 4.89. The van der Waals surface area contributed by atoms with Crippen molar-refractivity contribution in [3.05, 3.63) is 77.4 Å². The molecular weight excluding hydrogens is 369 g/mol. The first-order chi connectivity index (χ1) is 13.2. The van der Waals surface area contributed by atoms with Crippen LogP contribution in [0.2, 0.25) is 0 Å². The van der Waals surface area contributed by atoms with Gasteiger partial charge in [-0.25, -0.2) is 0 Å². The molecule has 3 aromatic rings. The van der Waals surface area contributed by atoms with Gasteiger partial charge < -0.3 is 14.6 Å². The molecule has 3 nitrogen and oxygen atoms in total. The number of alkyl halides is 3. The number of ether oxygens (including phenoxy) is 1. The molecule has 146 valence electrons. The zero-order chi connectivity index (χ0) is 20.5. The van der Waals surface area contributed by atoms with Gasteiger partial charge in [0.2, 0.25) is 0 Å². The first-order valence-electron chi connectivity index (χ1n) is 8.75. The summed E-state index contributed by atoms with van der Waals surface area (Å²) in [5, 5.41) is 12.9. The molecule has 0 amide bonds. The average molecular weight is 387 g/mol. The van der Waals surface area contributed by atoms with E-state index in [4.69, 9.17) is 4.74 Å². The van der Waals surface area contributed by atoms with E-state index < -0.39 is 29.1 Å². The smallest absolute Gasteiger partial charge is 0.419 e. The quantitative estimate of drug-likeness (QED) is 0.624. The van der Waals surface area contributed by atoms with Crippen LogP contribution in [0.1, 0.15) is 41.8 Å². The van der Waals surface area contributed by atoms with E-state index in [9.17, 15) is 23.1 Å². The molecule has 0 radical (unpaired) electrons. The first-order valence-corrected chi connectivity index (χ1v) is 8.75. The Morgan fingerprint density at radius 3 is 2.32 bits per heavy atom. The highest BCUT2D eigenvalue weighted by atomic mass is 19.4. The third kappa shape index (κ3) is 3.67. The molecule has 0 N–H and O–H groups in total. The second-order valence-electron chi connectivity index (χ2n) is 6.71. The second-order valence-corrected chi connectivity index (χ2v) is 6.71. The summed E-state index contributed by atoms with van der Waals surface area (Å²) in [6.07, 6.45) is -4.32. The standard InChI is InChI=1S/C22H19F3O3/c1-3-21(2,17-10-6-8-14-7-4-5-9-16(14)17)28-19-13-15(20(26)27)11-12-18(19)22(23,24)25/h4-13H,3H2,1-2H3,(H,26,27)/p-1. The third-order valence-electron chi connectivity index (χ3n) is 4.89. The van der Waals surface area contributed by atoms with Crippen molar-refractivity contribution in [2.45, 2.75) is 32.0 Å². The van der Waals surface area contributed by atoms with Gasteiger partial charge in [0.15, 0.2) is 0 Å². The molecule has 0 bridgehead atoms. The number of carbonyl (C=O) groups excluding carboxylic acids is 1. The maximum Gasteiger partial charge on any atom is 0.419 e. The summed E-state index contributed by atoms with van der Waals surface area (Å²) in [4.78, 5) is 11.1. The maximum atomic E-state index is 13.5. The summed E-state index contributed by atoms with van der Waals surface area (Å²) < 4.78 is 46.3. The predicted molar refractivity (Wildman–Crippen MR) is 98.0 cm³/mol. The van der Waals surface area contributed by atoms with Gasteiger partial charge in [-0.2, -0.15) is 13.2 Å². The van der Waals surface area contributed by atoms with E-state index in [0.717, 1.165) is 28.5 Å². The Morgan fingerprint density at radius 1 is 1.00 bits per heavy atom. The van der Waals surface area contributed by atoms with Crippen LogP contribution in [0.5, 0.6) is 5.75 Å². The molecule has 1 atom stereocenters. The number of hydrogen-bond donors (Lipinski definition) is 0. The SMILES string of the molecule is CCC(C)(Oc1cc(C(=O)[O-])ccc1C(F)(F)F)c1cccc2ccccc12. The topological polar surface area (TPSA) is 49.4 Å². The summed E-state index contributed by atoms with van der Waals surface area (Å²) in [5.74, 6) is -2.10. The Balaban J connectivity index is 2.16. The van der Waals surface area contributed by atoms with Crippen molar-refractivity contribution in [1.29, 1.82) is 0 Å². The van der Waals surface area contributed by atoms with Crippen LogP contribution in [0.15, 0.2) is 60.7 Å². The number of carbonyl (C=O) groups is 1. The number of halogens is 3. The average Bonchev–Trinajstić information content (AvgIpc) is 2.66. The van der Waals surface area contributed by atoms with Gasteiger partial charge in [0.25, 0.3) is 0 Å². The fourth-order valence-corrected chi connectivity index (χ4v) is 3.21. The van der Waals surface area contributed by atoms with Gasteiger partial charge in [0.1, 0.15) is 11.4 Å². The summed E-state index contributed by atoms with van der Waals surface area (Å²) >= 11 is 0. The molecule has 0 saturated heterocycles. The van der Waals surface area contributed by atoms with Gasteiger partial charge in [-0.1, -0.05) is 55.5 Å². The normalized spacial score (nSPS) is 13.9. The minimum Gasteiger partial charge on any atom is -0.545 e. The second kappa shape index (κ2) is 7.19. The fraction of sp³-hybridized carbons (Fsp3) is 0.227. The van der Waals surface area contributed by atoms with Gasteiger partial charge in [0, 0.05) is 11.1 Å². The van der Waals surface area contributed by atoms with Gasteiger partial charge in [-0.15, -0.1) is 0 Å². The lowest BCUT2D eigenvalue weighted by atomic mass is 9.88. The lowest BCUT2D eigenvalue weighted by Crippen LogP contribution is -2.30. The van der Waals surface area contributed by atoms with Crippen molar-refractivity contribution in [3.63, 3.8) is 0 Å². The lowest BCUT2D eigenvalue weighted by Gasteiger charge is -2.32. The van der Waals surface area contributed by atoms with Gasteiger partial charge in [-0.3, -0.25) is 0 Å². The first kappa shape index (κ1) is 19.7. The van der Waals surface area contributed by atoms with Crippen LogP contribution < -0.4 is 9.84 Å². The molecule has 28 heavy (non-hydrogen) atoms. The van der Waals surface area contributed by atoms with E-state index in [1.165, 1.54) is 0 Å². The Labute approximate surface area is 160 Å². The van der Waals surface area contributed by atoms with Gasteiger partial charge in [-0.05, 0) is 36.2 Å². The summed E-state index contributed by atoms with van der Waals surface area (Å²) in [7, 11) is 0. The monoisotopic (exact) mass is 387 g/mol. The molecule has 1 unspecified atom stereocenters. The van der Waals surface area contributed by atoms with Crippen molar-refractivity contribution in [1.82, 2.24) is 0 Å². The van der Waals surface area contributed by atoms with Crippen molar-refractivity contribution in [2.24, 2.45) is 0 Å². The summed E-state index contributed by atoms with van der Waals surface area (Å²) in [5.41, 5.74) is -1.79. The molecule has 0 aliphatic carbocycles. The number of carboxylic acids is 1. The van der Waals surface area contributed by atoms with E-state index in [0.29, 0.717) is 12.5 Å². The molecule has 0 saturated carbocycles. The van der Waals surface area contributed by atoms with Crippen LogP contribution in [-0.2, 0) is 11.8 Å². The molecule has 0 aromatic heterocycles. The fourth-order valence-electron chi connectivity index (χ4n) is 3.21. The summed E-state index contributed by atoms with van der Waals surface area (Å²) in [6, 6.07) is 15.5. The van der Waals surface area contributed by atoms with Crippen LogP contribution in [-0.4, -0.2) is 5.97 Å². The molecule has 6 heteroatoms. The number of rotatable bonds is 5. The van der Waals surface area contributed by atoms with Crippen molar-refractivity contribution < 1.29 is 27.8 Å². The molecule has 0 heterocycles. The van der Waals surface area contributed by atoms with E-state index in [1.54, 1.807) is 13.8 Å². The largest absolute Gasteiger partial charge is 0.545 e. The van der Waals surface area contributed by atoms with E-state index in [1.807, 2.05) is 42.5 Å². The van der Waals surface area contributed by atoms with Crippen LogP contribution in [0.3, 0.4) is 0 Å². The van der Waals surface area contributed by atoms with E-state index in [2.05, 4.69) is 0 Å². The van der Waals surface area contributed by atoms with Crippen LogP contribution in [0, 0.1) is 0 Å². The summed E-state index contributed by atoms with van der Waals surface area (Å²) in [6.45, 7) is 3.50. The molecule has 0 aliphatic rings. The molecule has 0 spiro atoms. The van der Waals surface area contributed by atoms with Crippen molar-refractivity contribution >= 4 is 16.7 Å².